The molecule has 0 amide bonds. The number of aryl methyl sites for hydroxylation is 1. The number of hydrogen-bond acceptors (Lipinski definition) is 4. The summed E-state index contributed by atoms with van der Waals surface area (Å²) in [5.41, 5.74) is 8.55. The quantitative estimate of drug-likeness (QED) is 0.672. The Bertz CT molecular complexity index is 329. The molecule has 0 spiro atoms. The summed E-state index contributed by atoms with van der Waals surface area (Å²) in [7, 11) is 0. The highest BCUT2D eigenvalue weighted by molar-refractivity contribution is 7.99. The summed E-state index contributed by atoms with van der Waals surface area (Å²) in [5.74, 6) is 1.28. The van der Waals surface area contributed by atoms with Crippen molar-refractivity contribution in [2.45, 2.75) is 31.9 Å². The first-order valence-corrected chi connectivity index (χ1v) is 7.54. The van der Waals surface area contributed by atoms with Crippen LogP contribution in [0.25, 0.3) is 0 Å². The highest BCUT2D eigenvalue weighted by atomic mass is 32.2. The molecule has 0 aliphatic carbocycles. The zero-order valence-corrected chi connectivity index (χ0v) is 11.7. The second kappa shape index (κ2) is 8.53. The van der Waals surface area contributed by atoms with Crippen molar-refractivity contribution in [2.24, 2.45) is 5.73 Å². The molecule has 0 aliphatic heterocycles. The molecule has 0 bridgehead atoms. The standard InChI is InChI=1S/C14H23NO2S/c1-2-3-11-4-6-12(7-5-11)14(15)10-18-9-13(17)8-16/h4-7,13-14,16-17H,2-3,8-10,15H2,1H3. The van der Waals surface area contributed by atoms with E-state index < -0.39 is 6.10 Å². The lowest BCUT2D eigenvalue weighted by molar-refractivity contribution is 0.113. The predicted molar refractivity (Wildman–Crippen MR) is 77.8 cm³/mol. The van der Waals surface area contributed by atoms with E-state index in [0.29, 0.717) is 5.75 Å². The first-order valence-electron chi connectivity index (χ1n) is 6.38. The van der Waals surface area contributed by atoms with Crippen LogP contribution >= 0.6 is 11.8 Å². The van der Waals surface area contributed by atoms with Crippen LogP contribution in [-0.4, -0.2) is 34.4 Å². The van der Waals surface area contributed by atoms with Gasteiger partial charge in [-0.2, -0.15) is 11.8 Å². The third-order valence-electron chi connectivity index (χ3n) is 2.76. The third-order valence-corrected chi connectivity index (χ3v) is 3.98. The van der Waals surface area contributed by atoms with Crippen molar-refractivity contribution in [1.82, 2.24) is 0 Å². The van der Waals surface area contributed by atoms with E-state index in [4.69, 9.17) is 10.8 Å². The topological polar surface area (TPSA) is 66.5 Å². The summed E-state index contributed by atoms with van der Waals surface area (Å²) in [6.07, 6.45) is 1.61. The third kappa shape index (κ3) is 5.40. The predicted octanol–water partition coefficient (Wildman–Crippen LogP) is 1.73. The Hall–Kier alpha value is -0.550. The van der Waals surface area contributed by atoms with Crippen molar-refractivity contribution < 1.29 is 10.2 Å². The van der Waals surface area contributed by atoms with Gasteiger partial charge in [-0.25, -0.2) is 0 Å². The molecule has 0 saturated carbocycles. The summed E-state index contributed by atoms with van der Waals surface area (Å²) < 4.78 is 0. The molecule has 0 aromatic heterocycles. The molecule has 102 valence electrons. The molecule has 0 radical (unpaired) electrons. The van der Waals surface area contributed by atoms with Crippen LogP contribution < -0.4 is 5.73 Å². The molecule has 0 saturated heterocycles. The van der Waals surface area contributed by atoms with Gasteiger partial charge in [-0.05, 0) is 17.5 Å². The van der Waals surface area contributed by atoms with Crippen molar-refractivity contribution in [3.63, 3.8) is 0 Å². The van der Waals surface area contributed by atoms with Crippen LogP contribution in [0.5, 0.6) is 0 Å². The molecule has 4 N–H and O–H groups in total. The van der Waals surface area contributed by atoms with Crippen molar-refractivity contribution in [3.8, 4) is 0 Å². The average Bonchev–Trinajstić information content (AvgIpc) is 2.39. The molecule has 0 aliphatic rings. The second-order valence-electron chi connectivity index (χ2n) is 4.47. The fraction of sp³-hybridized carbons (Fsp3) is 0.571. The zero-order chi connectivity index (χ0) is 13.4. The molecular formula is C14H23NO2S. The van der Waals surface area contributed by atoms with E-state index >= 15 is 0 Å². The molecule has 1 rings (SSSR count). The Labute approximate surface area is 113 Å². The monoisotopic (exact) mass is 269 g/mol. The molecule has 4 heteroatoms. The maximum atomic E-state index is 9.23. The number of aliphatic hydroxyl groups is 2. The van der Waals surface area contributed by atoms with Crippen LogP contribution in [-0.2, 0) is 6.42 Å². The number of nitrogens with two attached hydrogens (primary N) is 1. The van der Waals surface area contributed by atoms with Crippen LogP contribution in [0.2, 0.25) is 0 Å². The van der Waals surface area contributed by atoms with Gasteiger partial charge in [0.25, 0.3) is 0 Å². The van der Waals surface area contributed by atoms with E-state index in [9.17, 15) is 5.11 Å². The molecule has 0 fully saturated rings. The van der Waals surface area contributed by atoms with Crippen LogP contribution in [0.1, 0.15) is 30.5 Å². The first kappa shape index (κ1) is 15.5. The van der Waals surface area contributed by atoms with Gasteiger partial charge in [0.15, 0.2) is 0 Å². The second-order valence-corrected chi connectivity index (χ2v) is 5.55. The lowest BCUT2D eigenvalue weighted by Gasteiger charge is -2.13. The number of aliphatic hydroxyl groups excluding tert-OH is 2. The van der Waals surface area contributed by atoms with Gasteiger partial charge in [0.2, 0.25) is 0 Å². The van der Waals surface area contributed by atoms with E-state index in [0.717, 1.165) is 24.2 Å². The molecule has 1 aromatic rings. The minimum absolute atomic E-state index is 0.0171. The molecule has 0 heterocycles. The van der Waals surface area contributed by atoms with E-state index in [1.54, 1.807) is 11.8 Å². The van der Waals surface area contributed by atoms with Crippen molar-refractivity contribution in [3.05, 3.63) is 35.4 Å². The fourth-order valence-corrected chi connectivity index (χ4v) is 2.66. The van der Waals surface area contributed by atoms with Crippen LogP contribution in [0.15, 0.2) is 24.3 Å². The van der Waals surface area contributed by atoms with Gasteiger partial charge in [0.05, 0.1) is 12.7 Å². The maximum Gasteiger partial charge on any atom is 0.0861 e. The van der Waals surface area contributed by atoms with Crippen molar-refractivity contribution in [2.75, 3.05) is 18.1 Å². The molecule has 18 heavy (non-hydrogen) atoms. The van der Waals surface area contributed by atoms with E-state index in [1.165, 1.54) is 5.56 Å². The van der Waals surface area contributed by atoms with Gasteiger partial charge in [-0.15, -0.1) is 0 Å². The molecule has 1 aromatic carbocycles. The van der Waals surface area contributed by atoms with Gasteiger partial charge in [0.1, 0.15) is 0 Å². The van der Waals surface area contributed by atoms with Gasteiger partial charge >= 0.3 is 0 Å². The summed E-state index contributed by atoms with van der Waals surface area (Å²) in [6, 6.07) is 8.41. The average molecular weight is 269 g/mol. The van der Waals surface area contributed by atoms with Crippen molar-refractivity contribution in [1.29, 1.82) is 0 Å². The molecular weight excluding hydrogens is 246 g/mol. The Morgan fingerprint density at radius 1 is 1.22 bits per heavy atom. The fourth-order valence-electron chi connectivity index (χ4n) is 1.70. The molecule has 2 unspecified atom stereocenters. The SMILES string of the molecule is CCCc1ccc(C(N)CSCC(O)CO)cc1. The Balaban J connectivity index is 2.39. The molecule has 3 nitrogen and oxygen atoms in total. The van der Waals surface area contributed by atoms with E-state index in [-0.39, 0.29) is 12.6 Å². The van der Waals surface area contributed by atoms with Crippen LogP contribution in [0.4, 0.5) is 0 Å². The Morgan fingerprint density at radius 2 is 1.89 bits per heavy atom. The van der Waals surface area contributed by atoms with Gasteiger partial charge in [-0.3, -0.25) is 0 Å². The highest BCUT2D eigenvalue weighted by Gasteiger charge is 2.08. The number of rotatable bonds is 8. The van der Waals surface area contributed by atoms with Gasteiger partial charge in [-0.1, -0.05) is 37.6 Å². The summed E-state index contributed by atoms with van der Waals surface area (Å²) >= 11 is 1.57. The van der Waals surface area contributed by atoms with Gasteiger partial charge < -0.3 is 15.9 Å². The minimum Gasteiger partial charge on any atom is -0.394 e. The zero-order valence-electron chi connectivity index (χ0n) is 10.9. The van der Waals surface area contributed by atoms with Gasteiger partial charge in [0, 0.05) is 17.5 Å². The van der Waals surface area contributed by atoms with E-state index in [2.05, 4.69) is 31.2 Å². The number of benzene rings is 1. The normalized spacial score (nSPS) is 14.4. The molecule has 2 atom stereocenters. The Morgan fingerprint density at radius 3 is 2.44 bits per heavy atom. The van der Waals surface area contributed by atoms with Crippen LogP contribution in [0.3, 0.4) is 0 Å². The van der Waals surface area contributed by atoms with Crippen LogP contribution in [0, 0.1) is 0 Å². The number of hydrogen-bond donors (Lipinski definition) is 3. The largest absolute Gasteiger partial charge is 0.394 e. The highest BCUT2D eigenvalue weighted by Crippen LogP contribution is 2.17. The Kier molecular flexibility index (Phi) is 7.35. The lowest BCUT2D eigenvalue weighted by atomic mass is 10.0. The number of thioether (sulfide) groups is 1. The summed E-state index contributed by atoms with van der Waals surface area (Å²) in [5, 5.41) is 17.9. The summed E-state index contributed by atoms with van der Waals surface area (Å²) in [6.45, 7) is 1.98. The smallest absolute Gasteiger partial charge is 0.0861 e. The maximum absolute atomic E-state index is 9.23. The van der Waals surface area contributed by atoms with E-state index in [1.807, 2.05) is 0 Å². The van der Waals surface area contributed by atoms with Crippen molar-refractivity contribution >= 4 is 11.8 Å². The minimum atomic E-state index is -0.644. The summed E-state index contributed by atoms with van der Waals surface area (Å²) in [4.78, 5) is 0. The first-order chi connectivity index (χ1) is 8.67. The lowest BCUT2D eigenvalue weighted by Crippen LogP contribution is -2.18.